The number of nitrogens with zero attached hydrogens (tertiary/aromatic N) is 3. The first-order valence-electron chi connectivity index (χ1n) is 20.8. The molecule has 5 aliphatic rings. The highest BCUT2D eigenvalue weighted by Crippen LogP contribution is 2.50. The number of aliphatic hydroxyl groups is 1. The van der Waals surface area contributed by atoms with E-state index in [0.717, 1.165) is 11.1 Å². The van der Waals surface area contributed by atoms with Crippen LogP contribution in [0.3, 0.4) is 0 Å². The van der Waals surface area contributed by atoms with Crippen LogP contribution in [0.15, 0.2) is 35.9 Å². The van der Waals surface area contributed by atoms with Gasteiger partial charge in [0.15, 0.2) is 5.72 Å². The second-order valence-corrected chi connectivity index (χ2v) is 18.7. The Labute approximate surface area is 371 Å². The summed E-state index contributed by atoms with van der Waals surface area (Å²) in [5.41, 5.74) is -2.49. The van der Waals surface area contributed by atoms with Crippen LogP contribution in [0.1, 0.15) is 65.4 Å². The first kappa shape index (κ1) is 47.6. The van der Waals surface area contributed by atoms with E-state index in [4.69, 9.17) is 40.0 Å². The number of esters is 1. The van der Waals surface area contributed by atoms with E-state index in [1.54, 1.807) is 69.0 Å². The minimum Gasteiger partial charge on any atom is -0.495 e. The highest BCUT2D eigenvalue weighted by atomic mass is 35.5. The normalized spacial score (nSPS) is 35.1. The number of methoxy groups -OCH3 is 2. The first-order valence-corrected chi connectivity index (χ1v) is 22.3. The number of fused-ring (bicyclic) bond motifs is 5. The third-order valence-electron chi connectivity index (χ3n) is 13.0. The van der Waals surface area contributed by atoms with Gasteiger partial charge in [0.05, 0.1) is 30.9 Å². The van der Waals surface area contributed by atoms with Crippen LogP contribution >= 0.6 is 23.4 Å². The van der Waals surface area contributed by atoms with Crippen LogP contribution in [0.4, 0.5) is 10.5 Å². The molecule has 0 aliphatic carbocycles. The third kappa shape index (κ3) is 10.1. The molecule has 0 aromatic heterocycles. The Hall–Kier alpha value is -3.91. The number of carbonyl (C=O) groups excluding carboxylic acids is 4. The van der Waals surface area contributed by atoms with Gasteiger partial charge in [0, 0.05) is 33.7 Å². The number of allylic oxidation sites excluding steroid dienone is 3. The molecule has 9 atom stereocenters. The number of anilines is 1. The van der Waals surface area contributed by atoms with Crippen molar-refractivity contribution >= 4 is 58.9 Å². The standard InChI is InChI=1S/C43H59ClN4O13S/c1-24-10-9-11-31(57-8)43(55)22-30(58-40(54)45-43)36-37-42(4,61-37)32(21-33(49)46(5)28-19-26(18-24)20-29(56-7)35(28)44)59-39(53)25(2)47(6)41(3,60-36)14-17-62-23-34(50)48-15-12-27(13-16-48)38(51)52/h9-11,19-20,25,27,30-32,36-37,55H,12-18,21-23H2,1-8H3,(H,45,54)(H,51,52)/b11-9+,24-10+/t25-,30-,31+,32-,36+,37?,41?,42-,43-/m0/s1. The molecule has 5 heterocycles. The van der Waals surface area contributed by atoms with Crippen molar-refractivity contribution in [1.82, 2.24) is 15.1 Å². The molecule has 342 valence electrons. The number of carboxylic acid groups (broad SMARTS) is 1. The molecule has 6 rings (SSSR count). The number of nitrogens with one attached hydrogen (secondary N) is 1. The largest absolute Gasteiger partial charge is 0.495 e. The van der Waals surface area contributed by atoms with Gasteiger partial charge in [0.2, 0.25) is 11.8 Å². The highest BCUT2D eigenvalue weighted by Gasteiger charge is 2.68. The molecule has 0 radical (unpaired) electrons. The number of thioether (sulfide) groups is 1. The molecule has 2 unspecified atom stereocenters. The van der Waals surface area contributed by atoms with Gasteiger partial charge in [-0.3, -0.25) is 29.4 Å². The Bertz CT molecular complexity index is 1960. The van der Waals surface area contributed by atoms with Crippen molar-refractivity contribution in [1.29, 1.82) is 0 Å². The fourth-order valence-corrected chi connectivity index (χ4v) is 10.0. The van der Waals surface area contributed by atoms with Crippen LogP contribution in [0.25, 0.3) is 0 Å². The summed E-state index contributed by atoms with van der Waals surface area (Å²) in [5.74, 6) is -1.58. The van der Waals surface area contributed by atoms with Crippen LogP contribution in [0.5, 0.6) is 5.75 Å². The van der Waals surface area contributed by atoms with Gasteiger partial charge >= 0.3 is 18.0 Å². The number of ether oxygens (including phenoxy) is 6. The maximum absolute atomic E-state index is 14.3. The van der Waals surface area contributed by atoms with E-state index >= 15 is 0 Å². The molecular formula is C43H59ClN4O13S. The van der Waals surface area contributed by atoms with Gasteiger partial charge in [-0.2, -0.15) is 11.8 Å². The zero-order valence-electron chi connectivity index (χ0n) is 36.5. The number of amides is 3. The number of likely N-dealkylation sites (tertiary alicyclic amines) is 1. The van der Waals surface area contributed by atoms with Crippen molar-refractivity contribution in [2.45, 2.75) is 120 Å². The van der Waals surface area contributed by atoms with Gasteiger partial charge in [-0.05, 0) is 83.9 Å². The Morgan fingerprint density at radius 2 is 1.79 bits per heavy atom. The van der Waals surface area contributed by atoms with Gasteiger partial charge in [-0.25, -0.2) is 4.79 Å². The maximum atomic E-state index is 14.3. The number of alkyl carbamates (subject to hydrolysis) is 1. The van der Waals surface area contributed by atoms with Gasteiger partial charge in [0.25, 0.3) is 0 Å². The van der Waals surface area contributed by atoms with Crippen molar-refractivity contribution in [3.8, 4) is 5.75 Å². The van der Waals surface area contributed by atoms with E-state index in [9.17, 15) is 34.2 Å². The van der Waals surface area contributed by atoms with Gasteiger partial charge in [0.1, 0.15) is 58.7 Å². The Kier molecular flexibility index (Phi) is 14.6. The fourth-order valence-electron chi connectivity index (χ4n) is 8.70. The van der Waals surface area contributed by atoms with Crippen molar-refractivity contribution in [3.05, 3.63) is 46.5 Å². The zero-order chi connectivity index (χ0) is 45.3. The minimum absolute atomic E-state index is 0.101. The van der Waals surface area contributed by atoms with Crippen LogP contribution in [-0.4, -0.2) is 156 Å². The predicted molar refractivity (Wildman–Crippen MR) is 229 cm³/mol. The number of epoxide rings is 1. The zero-order valence-corrected chi connectivity index (χ0v) is 38.1. The molecule has 17 nitrogen and oxygen atoms in total. The van der Waals surface area contributed by atoms with Crippen molar-refractivity contribution in [3.63, 3.8) is 0 Å². The lowest BCUT2D eigenvalue weighted by Gasteiger charge is -2.47. The van der Waals surface area contributed by atoms with E-state index in [2.05, 4.69) is 5.32 Å². The Balaban J connectivity index is 1.35. The smallest absolute Gasteiger partial charge is 0.409 e. The molecule has 0 saturated carbocycles. The monoisotopic (exact) mass is 906 g/mol. The molecule has 62 heavy (non-hydrogen) atoms. The number of hydrogen-bond acceptors (Lipinski definition) is 14. The second-order valence-electron chi connectivity index (χ2n) is 17.2. The minimum atomic E-state index is -1.98. The molecule has 1 aromatic rings. The molecule has 5 aliphatic heterocycles. The summed E-state index contributed by atoms with van der Waals surface area (Å²) in [6.45, 7) is 7.81. The van der Waals surface area contributed by atoms with Crippen molar-refractivity contribution in [2.75, 3.05) is 57.8 Å². The lowest BCUT2D eigenvalue weighted by atomic mass is 9.87. The summed E-state index contributed by atoms with van der Waals surface area (Å²) in [4.78, 5) is 71.2. The molecule has 3 N–H and O–H groups in total. The average molecular weight is 907 g/mol. The van der Waals surface area contributed by atoms with E-state index in [1.165, 1.54) is 30.9 Å². The highest BCUT2D eigenvalue weighted by molar-refractivity contribution is 7.99. The summed E-state index contributed by atoms with van der Waals surface area (Å²) in [5, 5.41) is 24.3. The second kappa shape index (κ2) is 19.1. The number of carbonyl (C=O) groups is 5. The van der Waals surface area contributed by atoms with Crippen molar-refractivity contribution < 1.29 is 62.6 Å². The number of rotatable bonds is 8. The molecular weight excluding hydrogens is 848 g/mol. The van der Waals surface area contributed by atoms with Crippen LogP contribution in [0, 0.1) is 5.92 Å². The van der Waals surface area contributed by atoms with Gasteiger partial charge < -0.3 is 48.4 Å². The van der Waals surface area contributed by atoms with E-state index < -0.39 is 83.5 Å². The lowest BCUT2D eigenvalue weighted by molar-refractivity contribution is -0.230. The average Bonchev–Trinajstić information content (AvgIpc) is 3.92. The summed E-state index contributed by atoms with van der Waals surface area (Å²) < 4.78 is 37.0. The number of benzene rings is 1. The Morgan fingerprint density at radius 1 is 1.08 bits per heavy atom. The fraction of sp³-hybridized carbons (Fsp3) is 0.651. The number of aliphatic carboxylic acids is 1. The van der Waals surface area contributed by atoms with E-state index in [-0.39, 0.29) is 35.9 Å². The number of carboxylic acids is 1. The van der Waals surface area contributed by atoms with E-state index in [1.807, 2.05) is 13.0 Å². The molecule has 19 heteroatoms. The Morgan fingerprint density at radius 3 is 2.45 bits per heavy atom. The summed E-state index contributed by atoms with van der Waals surface area (Å²) in [6.07, 6.45) is -0.0691. The number of piperidine rings is 1. The SMILES string of the molecule is COc1cc2cc(c1Cl)N(C)C(=O)C[C@@H]1OC(=O)[C@H](C)N(C)C(C)(CCSCC(=O)N3CCC(C(=O)O)CC3)O[C@@H](C3O[C@]31C)[C@@H]1C[C@@](O)(NC(=O)O1)[C@H](OC)/C=C/C=C(\C)C2. The molecule has 0 spiro atoms. The summed E-state index contributed by atoms with van der Waals surface area (Å²) >= 11 is 8.18. The summed E-state index contributed by atoms with van der Waals surface area (Å²) in [7, 11) is 6.18. The quantitative estimate of drug-likeness (QED) is 0.192. The number of halogens is 1. The van der Waals surface area contributed by atoms with Crippen LogP contribution < -0.4 is 15.0 Å². The molecule has 3 amide bonds. The third-order valence-corrected chi connectivity index (χ3v) is 14.3. The number of likely N-dealkylation sites (N-methyl/N-ethyl adjacent to an activating group) is 1. The topological polar surface area (TPSA) is 206 Å². The number of hydrogen-bond donors (Lipinski definition) is 3. The van der Waals surface area contributed by atoms with Crippen molar-refractivity contribution in [2.24, 2.45) is 5.92 Å². The predicted octanol–water partition coefficient (Wildman–Crippen LogP) is 3.91. The van der Waals surface area contributed by atoms with Gasteiger partial charge in [-0.15, -0.1) is 0 Å². The maximum Gasteiger partial charge on any atom is 0.409 e. The first-order chi connectivity index (χ1) is 29.2. The van der Waals surface area contributed by atoms with Crippen LogP contribution in [-0.2, 0) is 49.3 Å². The lowest BCUT2D eigenvalue weighted by Crippen LogP contribution is -2.66. The summed E-state index contributed by atoms with van der Waals surface area (Å²) in [6, 6.07) is 2.66. The molecule has 4 saturated heterocycles. The van der Waals surface area contributed by atoms with E-state index in [0.29, 0.717) is 49.5 Å². The molecule has 4 fully saturated rings. The molecule has 1 aromatic carbocycles. The van der Waals surface area contributed by atoms with Crippen LogP contribution in [0.2, 0.25) is 5.02 Å². The van der Waals surface area contributed by atoms with Gasteiger partial charge in [-0.1, -0.05) is 35.4 Å². The molecule has 6 bridgehead atoms.